The van der Waals surface area contributed by atoms with Crippen molar-refractivity contribution < 1.29 is 4.21 Å². The maximum Gasteiger partial charge on any atom is 0.122 e. The fraction of sp³-hybridized carbons (Fsp3) is 0.0769. The molecule has 0 amide bonds. The molecule has 82 valence electrons. The van der Waals surface area contributed by atoms with Gasteiger partial charge in [-0.1, -0.05) is 48.0 Å². The van der Waals surface area contributed by atoms with Gasteiger partial charge in [0.05, 0.1) is 4.90 Å². The van der Waals surface area contributed by atoms with Crippen molar-refractivity contribution in [1.82, 2.24) is 0 Å². The molecule has 0 aromatic heterocycles. The molecule has 0 saturated carbocycles. The Balaban J connectivity index is 2.55. The third-order valence-electron chi connectivity index (χ3n) is 2.47. The Kier molecular flexibility index (Phi) is 3.17. The summed E-state index contributed by atoms with van der Waals surface area (Å²) in [5, 5.41) is 5.45. The van der Waals surface area contributed by atoms with Gasteiger partial charge < -0.3 is 0 Å². The highest BCUT2D eigenvalue weighted by atomic mass is 32.2. The zero-order chi connectivity index (χ0) is 11.5. The number of aryl methyl sites for hydroxylation is 1. The van der Waals surface area contributed by atoms with Crippen LogP contribution in [0.25, 0.3) is 11.1 Å². The summed E-state index contributed by atoms with van der Waals surface area (Å²) in [6.07, 6.45) is 0. The van der Waals surface area contributed by atoms with Crippen LogP contribution in [0, 0.1) is 6.92 Å². The fourth-order valence-electron chi connectivity index (χ4n) is 1.61. The van der Waals surface area contributed by atoms with Crippen LogP contribution in [0.4, 0.5) is 0 Å². The Hall–Kier alpha value is -1.45. The first-order valence-electron chi connectivity index (χ1n) is 5.01. The van der Waals surface area contributed by atoms with Gasteiger partial charge >= 0.3 is 0 Å². The summed E-state index contributed by atoms with van der Waals surface area (Å²) in [6.45, 7) is 2.04. The zero-order valence-electron chi connectivity index (χ0n) is 9.01. The minimum Gasteiger partial charge on any atom is -0.248 e. The summed E-state index contributed by atoms with van der Waals surface area (Å²) in [4.78, 5) is 0.673. The molecule has 1 unspecified atom stereocenters. The lowest BCUT2D eigenvalue weighted by atomic mass is 10.0. The summed E-state index contributed by atoms with van der Waals surface area (Å²) in [7, 11) is -1.45. The second kappa shape index (κ2) is 4.60. The minimum atomic E-state index is -1.45. The largest absolute Gasteiger partial charge is 0.248 e. The molecule has 0 radical (unpaired) electrons. The average Bonchev–Trinajstić information content (AvgIpc) is 2.30. The van der Waals surface area contributed by atoms with Crippen LogP contribution in [0.3, 0.4) is 0 Å². The van der Waals surface area contributed by atoms with E-state index in [1.165, 1.54) is 5.56 Å². The van der Waals surface area contributed by atoms with Gasteiger partial charge in [0.1, 0.15) is 11.0 Å². The molecule has 2 aromatic rings. The number of nitrogens with two attached hydrogens (primary N) is 1. The zero-order valence-corrected chi connectivity index (χ0v) is 9.83. The maximum atomic E-state index is 11.4. The van der Waals surface area contributed by atoms with E-state index in [2.05, 4.69) is 0 Å². The number of rotatable bonds is 2. The first-order valence-corrected chi connectivity index (χ1v) is 6.22. The van der Waals surface area contributed by atoms with E-state index < -0.39 is 11.0 Å². The van der Waals surface area contributed by atoms with Gasteiger partial charge in [-0.15, -0.1) is 0 Å². The Morgan fingerprint density at radius 3 is 2.25 bits per heavy atom. The molecule has 1 atom stereocenters. The molecule has 0 spiro atoms. The third-order valence-corrected chi connectivity index (χ3v) is 3.26. The van der Waals surface area contributed by atoms with Crippen molar-refractivity contribution in [3.8, 4) is 11.1 Å². The predicted molar refractivity (Wildman–Crippen MR) is 67.2 cm³/mol. The van der Waals surface area contributed by atoms with Crippen molar-refractivity contribution in [1.29, 1.82) is 0 Å². The number of hydrogen-bond acceptors (Lipinski definition) is 1. The monoisotopic (exact) mass is 231 g/mol. The summed E-state index contributed by atoms with van der Waals surface area (Å²) in [5.41, 5.74) is 3.18. The van der Waals surface area contributed by atoms with Gasteiger partial charge in [-0.3, -0.25) is 0 Å². The van der Waals surface area contributed by atoms with Crippen molar-refractivity contribution in [3.05, 3.63) is 54.1 Å². The van der Waals surface area contributed by atoms with Crippen LogP contribution >= 0.6 is 0 Å². The Bertz CT molecular complexity index is 520. The van der Waals surface area contributed by atoms with Crippen LogP contribution in [-0.2, 0) is 11.0 Å². The van der Waals surface area contributed by atoms with Crippen LogP contribution in [-0.4, -0.2) is 4.21 Å². The van der Waals surface area contributed by atoms with Gasteiger partial charge in [-0.05, 0) is 24.1 Å². The number of hydrogen-bond donors (Lipinski definition) is 1. The van der Waals surface area contributed by atoms with Gasteiger partial charge in [-0.25, -0.2) is 9.35 Å². The summed E-state index contributed by atoms with van der Waals surface area (Å²) in [6, 6.07) is 15.6. The van der Waals surface area contributed by atoms with Gasteiger partial charge in [0, 0.05) is 0 Å². The van der Waals surface area contributed by atoms with E-state index in [-0.39, 0.29) is 0 Å². The molecule has 0 saturated heterocycles. The summed E-state index contributed by atoms with van der Waals surface area (Å²) >= 11 is 0. The lowest BCUT2D eigenvalue weighted by molar-refractivity contribution is 0.684. The lowest BCUT2D eigenvalue weighted by Crippen LogP contribution is -2.04. The van der Waals surface area contributed by atoms with Crippen molar-refractivity contribution in [2.24, 2.45) is 5.14 Å². The number of benzene rings is 2. The van der Waals surface area contributed by atoms with E-state index in [9.17, 15) is 4.21 Å². The maximum absolute atomic E-state index is 11.4. The molecule has 0 fully saturated rings. The first-order chi connectivity index (χ1) is 7.68. The van der Waals surface area contributed by atoms with Crippen molar-refractivity contribution >= 4 is 11.0 Å². The second-order valence-electron chi connectivity index (χ2n) is 3.66. The van der Waals surface area contributed by atoms with Gasteiger partial charge in [-0.2, -0.15) is 0 Å². The standard InChI is InChI=1S/C13H13NOS/c1-10-6-8-11(9-7-10)12-4-2-3-5-13(12)16(14)15/h2-9H,14H2,1H3. The van der Waals surface area contributed by atoms with E-state index in [1.54, 1.807) is 6.07 Å². The average molecular weight is 231 g/mol. The highest BCUT2D eigenvalue weighted by Gasteiger charge is 2.07. The molecule has 16 heavy (non-hydrogen) atoms. The van der Waals surface area contributed by atoms with Crippen LogP contribution < -0.4 is 5.14 Å². The molecule has 2 N–H and O–H groups in total. The quantitative estimate of drug-likeness (QED) is 0.848. The van der Waals surface area contributed by atoms with Gasteiger partial charge in [0.2, 0.25) is 0 Å². The van der Waals surface area contributed by atoms with E-state index in [0.29, 0.717) is 4.90 Å². The lowest BCUT2D eigenvalue weighted by Gasteiger charge is -2.07. The Morgan fingerprint density at radius 2 is 1.62 bits per heavy atom. The molecule has 2 aromatic carbocycles. The van der Waals surface area contributed by atoms with Gasteiger partial charge in [0.25, 0.3) is 0 Å². The van der Waals surface area contributed by atoms with Crippen molar-refractivity contribution in [2.75, 3.05) is 0 Å². The Morgan fingerprint density at radius 1 is 1.00 bits per heavy atom. The molecule has 0 heterocycles. The highest BCUT2D eigenvalue weighted by Crippen LogP contribution is 2.25. The second-order valence-corrected chi connectivity index (χ2v) is 4.69. The molecule has 2 rings (SSSR count). The Labute approximate surface area is 97.7 Å². The van der Waals surface area contributed by atoms with E-state index in [1.807, 2.05) is 49.4 Å². The smallest absolute Gasteiger partial charge is 0.122 e. The van der Waals surface area contributed by atoms with E-state index in [0.717, 1.165) is 11.1 Å². The normalized spacial score (nSPS) is 12.4. The minimum absolute atomic E-state index is 0.673. The molecule has 0 aliphatic carbocycles. The fourth-order valence-corrected chi connectivity index (χ4v) is 2.23. The van der Waals surface area contributed by atoms with Crippen LogP contribution in [0.15, 0.2) is 53.4 Å². The molecular weight excluding hydrogens is 218 g/mol. The predicted octanol–water partition coefficient (Wildman–Crippen LogP) is 2.64. The van der Waals surface area contributed by atoms with E-state index >= 15 is 0 Å². The molecule has 0 aliphatic heterocycles. The third kappa shape index (κ3) is 2.21. The van der Waals surface area contributed by atoms with Gasteiger partial charge in [0.15, 0.2) is 0 Å². The van der Waals surface area contributed by atoms with Crippen LogP contribution in [0.5, 0.6) is 0 Å². The van der Waals surface area contributed by atoms with Crippen molar-refractivity contribution in [2.45, 2.75) is 11.8 Å². The topological polar surface area (TPSA) is 43.1 Å². The highest BCUT2D eigenvalue weighted by molar-refractivity contribution is 7.82. The first kappa shape index (κ1) is 11.0. The molecule has 0 aliphatic rings. The SMILES string of the molecule is Cc1ccc(-c2ccccc2S(N)=O)cc1. The molecule has 0 bridgehead atoms. The van der Waals surface area contributed by atoms with Crippen molar-refractivity contribution in [3.63, 3.8) is 0 Å². The molecule has 2 nitrogen and oxygen atoms in total. The summed E-state index contributed by atoms with van der Waals surface area (Å²) in [5.74, 6) is 0. The summed E-state index contributed by atoms with van der Waals surface area (Å²) < 4.78 is 11.4. The molecular formula is C13H13NOS. The van der Waals surface area contributed by atoms with Crippen LogP contribution in [0.2, 0.25) is 0 Å². The molecule has 3 heteroatoms. The van der Waals surface area contributed by atoms with E-state index in [4.69, 9.17) is 5.14 Å². The van der Waals surface area contributed by atoms with Crippen LogP contribution in [0.1, 0.15) is 5.56 Å².